The minimum Gasteiger partial charge on any atom is -0.378 e. The molecule has 0 N–H and O–H groups in total. The molecule has 0 aliphatic carbocycles. The first-order chi connectivity index (χ1) is 8.27. The normalized spacial score (nSPS) is 15.6. The summed E-state index contributed by atoms with van der Waals surface area (Å²) in [5.41, 5.74) is 0.342. The summed E-state index contributed by atoms with van der Waals surface area (Å²) in [5.74, 6) is -0.383. The fourth-order valence-electron chi connectivity index (χ4n) is 1.68. The maximum absolute atomic E-state index is 11.8. The number of hydrogen-bond donors (Lipinski definition) is 0. The lowest BCUT2D eigenvalue weighted by molar-refractivity contribution is -0.134. The molecule has 0 bridgehead atoms. The Labute approximate surface area is 99.4 Å². The molecule has 90 valence electrons. The summed E-state index contributed by atoms with van der Waals surface area (Å²) in [5, 5.41) is 0. The van der Waals surface area contributed by atoms with E-state index in [0.29, 0.717) is 32.0 Å². The van der Waals surface area contributed by atoms with Gasteiger partial charge in [0.15, 0.2) is 5.78 Å². The number of amides is 1. The van der Waals surface area contributed by atoms with Gasteiger partial charge in [-0.3, -0.25) is 14.6 Å². The molecule has 1 aliphatic heterocycles. The van der Waals surface area contributed by atoms with E-state index in [4.69, 9.17) is 4.74 Å². The number of Topliss-reactive ketones (excluding diaryl/α,β-unsaturated/α-hetero) is 1. The second-order valence-corrected chi connectivity index (χ2v) is 3.81. The number of morpholine rings is 1. The van der Waals surface area contributed by atoms with Gasteiger partial charge in [-0.25, -0.2) is 0 Å². The minimum atomic E-state index is -0.234. The van der Waals surface area contributed by atoms with Gasteiger partial charge in [0.2, 0.25) is 5.91 Å². The summed E-state index contributed by atoms with van der Waals surface area (Å²) in [4.78, 5) is 29.1. The van der Waals surface area contributed by atoms with Crippen molar-refractivity contribution in [2.75, 3.05) is 26.3 Å². The number of aromatic nitrogens is 1. The molecule has 1 amide bonds. The Balaban J connectivity index is 1.92. The molecular formula is C12H14N2O3. The fourth-order valence-corrected chi connectivity index (χ4v) is 1.68. The number of hydrogen-bond acceptors (Lipinski definition) is 4. The quantitative estimate of drug-likeness (QED) is 0.565. The molecule has 1 aromatic rings. The molecule has 2 heterocycles. The van der Waals surface area contributed by atoms with E-state index in [-0.39, 0.29) is 18.1 Å². The number of carbonyl (C=O) groups excluding carboxylic acids is 2. The van der Waals surface area contributed by atoms with Gasteiger partial charge in [-0.1, -0.05) is 6.07 Å². The second kappa shape index (κ2) is 5.54. The molecular weight excluding hydrogens is 220 g/mol. The number of ether oxygens (including phenoxy) is 1. The zero-order valence-electron chi connectivity index (χ0n) is 9.46. The molecule has 0 unspecified atom stereocenters. The number of ketones is 1. The van der Waals surface area contributed by atoms with Crippen molar-refractivity contribution >= 4 is 11.7 Å². The van der Waals surface area contributed by atoms with Crippen molar-refractivity contribution in [3.63, 3.8) is 0 Å². The SMILES string of the molecule is O=C(CC(=O)N1CCOCC1)c1ccccn1. The monoisotopic (exact) mass is 234 g/mol. The predicted octanol–water partition coefficient (Wildman–Crippen LogP) is 0.513. The average Bonchev–Trinajstić information content (AvgIpc) is 2.40. The lowest BCUT2D eigenvalue weighted by Gasteiger charge is -2.26. The Morgan fingerprint density at radius 2 is 2.06 bits per heavy atom. The van der Waals surface area contributed by atoms with Crippen molar-refractivity contribution in [1.82, 2.24) is 9.88 Å². The van der Waals surface area contributed by atoms with Gasteiger partial charge < -0.3 is 9.64 Å². The Hall–Kier alpha value is -1.75. The van der Waals surface area contributed by atoms with Crippen molar-refractivity contribution in [1.29, 1.82) is 0 Å². The zero-order chi connectivity index (χ0) is 12.1. The number of rotatable bonds is 3. The highest BCUT2D eigenvalue weighted by atomic mass is 16.5. The summed E-state index contributed by atoms with van der Waals surface area (Å²) in [6, 6.07) is 5.09. The van der Waals surface area contributed by atoms with Crippen molar-refractivity contribution < 1.29 is 14.3 Å². The number of carbonyl (C=O) groups is 2. The molecule has 5 nitrogen and oxygen atoms in total. The van der Waals surface area contributed by atoms with Crippen LogP contribution >= 0.6 is 0 Å². The average molecular weight is 234 g/mol. The van der Waals surface area contributed by atoms with Crippen LogP contribution in [-0.4, -0.2) is 47.9 Å². The molecule has 0 radical (unpaired) electrons. The van der Waals surface area contributed by atoms with Gasteiger partial charge in [-0.2, -0.15) is 0 Å². The van der Waals surface area contributed by atoms with Crippen LogP contribution in [0.2, 0.25) is 0 Å². The first-order valence-corrected chi connectivity index (χ1v) is 5.57. The van der Waals surface area contributed by atoms with Gasteiger partial charge in [0.1, 0.15) is 5.69 Å². The van der Waals surface area contributed by atoms with E-state index in [2.05, 4.69) is 4.98 Å². The van der Waals surface area contributed by atoms with E-state index in [1.54, 1.807) is 29.3 Å². The maximum Gasteiger partial charge on any atom is 0.230 e. The molecule has 0 aromatic carbocycles. The van der Waals surface area contributed by atoms with Gasteiger partial charge in [-0.15, -0.1) is 0 Å². The van der Waals surface area contributed by atoms with Crippen LogP contribution in [0.25, 0.3) is 0 Å². The summed E-state index contributed by atoms with van der Waals surface area (Å²) >= 11 is 0. The van der Waals surface area contributed by atoms with E-state index in [0.717, 1.165) is 0 Å². The third kappa shape index (κ3) is 3.10. The molecule has 5 heteroatoms. The van der Waals surface area contributed by atoms with Gasteiger partial charge >= 0.3 is 0 Å². The highest BCUT2D eigenvalue weighted by Gasteiger charge is 2.20. The molecule has 1 aromatic heterocycles. The summed E-state index contributed by atoms with van der Waals surface area (Å²) < 4.78 is 5.15. The van der Waals surface area contributed by atoms with E-state index in [1.165, 1.54) is 0 Å². The zero-order valence-corrected chi connectivity index (χ0v) is 9.46. The first-order valence-electron chi connectivity index (χ1n) is 5.57. The van der Waals surface area contributed by atoms with Gasteiger partial charge in [0.05, 0.1) is 19.6 Å². The Morgan fingerprint density at radius 1 is 1.29 bits per heavy atom. The Morgan fingerprint density at radius 3 is 2.71 bits per heavy atom. The van der Waals surface area contributed by atoms with Crippen LogP contribution in [0, 0.1) is 0 Å². The minimum absolute atomic E-state index is 0.114. The summed E-state index contributed by atoms with van der Waals surface area (Å²) in [6.45, 7) is 2.22. The van der Waals surface area contributed by atoms with Crippen molar-refractivity contribution in [2.45, 2.75) is 6.42 Å². The largest absolute Gasteiger partial charge is 0.378 e. The van der Waals surface area contributed by atoms with Crippen LogP contribution in [0.3, 0.4) is 0 Å². The van der Waals surface area contributed by atoms with Crippen LogP contribution in [0.1, 0.15) is 16.9 Å². The summed E-state index contributed by atoms with van der Waals surface area (Å²) in [7, 11) is 0. The molecule has 1 fully saturated rings. The third-order valence-electron chi connectivity index (χ3n) is 2.63. The molecule has 2 rings (SSSR count). The Kier molecular flexibility index (Phi) is 3.82. The molecule has 0 saturated carbocycles. The lowest BCUT2D eigenvalue weighted by atomic mass is 10.2. The lowest BCUT2D eigenvalue weighted by Crippen LogP contribution is -2.41. The Bertz CT molecular complexity index is 399. The van der Waals surface area contributed by atoms with Crippen LogP contribution in [0.4, 0.5) is 0 Å². The predicted molar refractivity (Wildman–Crippen MR) is 60.6 cm³/mol. The molecule has 0 atom stereocenters. The first kappa shape index (κ1) is 11.7. The highest BCUT2D eigenvalue weighted by Crippen LogP contribution is 2.04. The van der Waals surface area contributed by atoms with Crippen LogP contribution in [-0.2, 0) is 9.53 Å². The van der Waals surface area contributed by atoms with E-state index in [9.17, 15) is 9.59 Å². The molecule has 1 saturated heterocycles. The van der Waals surface area contributed by atoms with Crippen molar-refractivity contribution in [2.24, 2.45) is 0 Å². The molecule has 17 heavy (non-hydrogen) atoms. The van der Waals surface area contributed by atoms with Gasteiger partial charge in [-0.05, 0) is 12.1 Å². The maximum atomic E-state index is 11.8. The standard InChI is InChI=1S/C12H14N2O3/c15-11(10-3-1-2-4-13-10)9-12(16)14-5-7-17-8-6-14/h1-4H,5-9H2. The van der Waals surface area contributed by atoms with Crippen LogP contribution in [0.15, 0.2) is 24.4 Å². The van der Waals surface area contributed by atoms with E-state index in [1.807, 2.05) is 0 Å². The van der Waals surface area contributed by atoms with E-state index < -0.39 is 0 Å². The van der Waals surface area contributed by atoms with E-state index >= 15 is 0 Å². The molecule has 1 aliphatic rings. The van der Waals surface area contributed by atoms with Crippen LogP contribution < -0.4 is 0 Å². The number of nitrogens with zero attached hydrogens (tertiary/aromatic N) is 2. The highest BCUT2D eigenvalue weighted by molar-refractivity contribution is 6.06. The van der Waals surface area contributed by atoms with Gasteiger partial charge in [0.25, 0.3) is 0 Å². The van der Waals surface area contributed by atoms with Crippen molar-refractivity contribution in [3.05, 3.63) is 30.1 Å². The van der Waals surface area contributed by atoms with Crippen molar-refractivity contribution in [3.8, 4) is 0 Å². The molecule has 0 spiro atoms. The van der Waals surface area contributed by atoms with Gasteiger partial charge in [0, 0.05) is 19.3 Å². The third-order valence-corrected chi connectivity index (χ3v) is 2.63. The number of pyridine rings is 1. The fraction of sp³-hybridized carbons (Fsp3) is 0.417. The second-order valence-electron chi connectivity index (χ2n) is 3.81. The smallest absolute Gasteiger partial charge is 0.230 e. The van der Waals surface area contributed by atoms with Crippen LogP contribution in [0.5, 0.6) is 0 Å². The topological polar surface area (TPSA) is 59.5 Å². The summed E-state index contributed by atoms with van der Waals surface area (Å²) in [6.07, 6.45) is 1.43.